The van der Waals surface area contributed by atoms with Gasteiger partial charge in [0.15, 0.2) is 0 Å². The number of aliphatic hydroxyl groups is 1. The van der Waals surface area contributed by atoms with E-state index >= 15 is 0 Å². The molecule has 4 bridgehead atoms. The van der Waals surface area contributed by atoms with E-state index in [2.05, 4.69) is 18.4 Å². The molecule has 0 amide bonds. The van der Waals surface area contributed by atoms with Gasteiger partial charge in [-0.2, -0.15) is 0 Å². The second kappa shape index (κ2) is 4.72. The molecule has 0 radical (unpaired) electrons. The van der Waals surface area contributed by atoms with Gasteiger partial charge in [0.05, 0.1) is 12.7 Å². The lowest BCUT2D eigenvalue weighted by Gasteiger charge is -2.70. The van der Waals surface area contributed by atoms with Gasteiger partial charge < -0.3 is 9.84 Å². The summed E-state index contributed by atoms with van der Waals surface area (Å²) >= 11 is 0. The first-order valence-electron chi connectivity index (χ1n) is 10.7. The summed E-state index contributed by atoms with van der Waals surface area (Å²) in [7, 11) is 0. The highest BCUT2D eigenvalue weighted by Gasteiger charge is 2.71. The predicted octanol–water partition coefficient (Wildman–Crippen LogP) is 3.58. The van der Waals surface area contributed by atoms with Gasteiger partial charge in [0.2, 0.25) is 0 Å². The third-order valence-electron chi connectivity index (χ3n) is 10.0. The van der Waals surface area contributed by atoms with Gasteiger partial charge in [0, 0.05) is 23.9 Å². The molecule has 0 aromatic rings. The zero-order valence-electron chi connectivity index (χ0n) is 15.7. The molecule has 2 aliphatic heterocycles. The minimum atomic E-state index is -0.235. The Morgan fingerprint density at radius 3 is 2.88 bits per heavy atom. The largest absolute Gasteiger partial charge is 0.388 e. The molecule has 8 atom stereocenters. The van der Waals surface area contributed by atoms with Gasteiger partial charge in [-0.25, -0.2) is 0 Å². The van der Waals surface area contributed by atoms with Crippen LogP contribution in [0.2, 0.25) is 0 Å². The topological polar surface area (TPSA) is 32.7 Å². The molecule has 1 spiro atoms. The Kier molecular flexibility index (Phi) is 2.95. The van der Waals surface area contributed by atoms with E-state index in [9.17, 15) is 5.11 Å². The Morgan fingerprint density at radius 2 is 2.00 bits per heavy atom. The van der Waals surface area contributed by atoms with Crippen molar-refractivity contribution in [3.05, 3.63) is 12.2 Å². The Bertz CT molecular complexity index is 634. The molecule has 3 heteroatoms. The van der Waals surface area contributed by atoms with Crippen molar-refractivity contribution in [1.29, 1.82) is 0 Å². The van der Waals surface area contributed by atoms with Crippen LogP contribution in [-0.2, 0) is 4.74 Å². The van der Waals surface area contributed by atoms with Gasteiger partial charge >= 0.3 is 0 Å². The Morgan fingerprint density at radius 1 is 1.12 bits per heavy atom. The van der Waals surface area contributed by atoms with Crippen LogP contribution in [0.25, 0.3) is 0 Å². The van der Waals surface area contributed by atoms with Crippen molar-refractivity contribution >= 4 is 0 Å². The third kappa shape index (κ3) is 1.62. The van der Waals surface area contributed by atoms with Crippen LogP contribution in [0.15, 0.2) is 12.2 Å². The van der Waals surface area contributed by atoms with E-state index in [1.54, 1.807) is 0 Å². The number of rotatable bonds is 0. The van der Waals surface area contributed by atoms with Crippen molar-refractivity contribution in [2.75, 3.05) is 19.7 Å². The molecular weight excluding hydrogens is 310 g/mol. The van der Waals surface area contributed by atoms with E-state index < -0.39 is 0 Å². The molecule has 6 aliphatic rings. The van der Waals surface area contributed by atoms with E-state index in [1.807, 2.05) is 0 Å². The second-order valence-electron chi connectivity index (χ2n) is 10.6. The molecule has 2 heterocycles. The standard InChI is InChI=1S/C22H33NO2/c1-14-15-4-5-17-21(12-15,18(14)24)9-6-16-20(2)7-3-8-22(16,17)13-23-10-11-25-19(20)23/h15-19,24H,1,3-13H2,2H3. The summed E-state index contributed by atoms with van der Waals surface area (Å²) in [4.78, 5) is 2.69. The van der Waals surface area contributed by atoms with Gasteiger partial charge in [-0.15, -0.1) is 0 Å². The van der Waals surface area contributed by atoms with Gasteiger partial charge in [0.25, 0.3) is 0 Å². The Labute approximate surface area is 151 Å². The zero-order valence-corrected chi connectivity index (χ0v) is 15.7. The molecule has 3 nitrogen and oxygen atoms in total. The van der Waals surface area contributed by atoms with Crippen LogP contribution in [0.3, 0.4) is 0 Å². The molecule has 0 aromatic heterocycles. The molecular formula is C22H33NO2. The summed E-state index contributed by atoms with van der Waals surface area (Å²) in [5.41, 5.74) is 2.08. The van der Waals surface area contributed by atoms with Crippen LogP contribution in [0, 0.1) is 34.0 Å². The molecule has 8 unspecified atom stereocenters. The molecule has 1 N–H and O–H groups in total. The van der Waals surface area contributed by atoms with E-state index in [1.165, 1.54) is 63.5 Å². The summed E-state index contributed by atoms with van der Waals surface area (Å²) in [6.45, 7) is 10.1. The van der Waals surface area contributed by atoms with Crippen molar-refractivity contribution in [3.63, 3.8) is 0 Å². The number of hydrogen-bond donors (Lipinski definition) is 1. The highest BCUT2D eigenvalue weighted by Crippen LogP contribution is 2.74. The van der Waals surface area contributed by atoms with Crippen LogP contribution in [-0.4, -0.2) is 42.0 Å². The molecule has 138 valence electrons. The lowest BCUT2D eigenvalue weighted by atomic mass is 9.38. The number of fused-ring (bicyclic) bond motifs is 3. The van der Waals surface area contributed by atoms with E-state index in [0.29, 0.717) is 28.9 Å². The third-order valence-corrected chi connectivity index (χ3v) is 10.0. The van der Waals surface area contributed by atoms with Crippen LogP contribution >= 0.6 is 0 Å². The van der Waals surface area contributed by atoms with Crippen LogP contribution in [0.4, 0.5) is 0 Å². The molecule has 4 saturated carbocycles. The molecule has 6 rings (SSSR count). The predicted molar refractivity (Wildman–Crippen MR) is 96.8 cm³/mol. The SMILES string of the molecule is C=C1C2CCC3C(CCC4C5(C)CCCC43CN3CCOC35)(C2)C1O. The van der Waals surface area contributed by atoms with Crippen molar-refractivity contribution in [2.24, 2.45) is 34.0 Å². The number of aliphatic hydroxyl groups excluding tert-OH is 1. The maximum absolute atomic E-state index is 11.3. The Balaban J connectivity index is 1.49. The van der Waals surface area contributed by atoms with Crippen LogP contribution < -0.4 is 0 Å². The summed E-state index contributed by atoms with van der Waals surface area (Å²) in [6, 6.07) is 0. The summed E-state index contributed by atoms with van der Waals surface area (Å²) in [5.74, 6) is 2.09. The molecule has 6 fully saturated rings. The molecule has 0 aromatic carbocycles. The van der Waals surface area contributed by atoms with E-state index in [-0.39, 0.29) is 11.5 Å². The van der Waals surface area contributed by atoms with Crippen molar-refractivity contribution < 1.29 is 9.84 Å². The summed E-state index contributed by atoms with van der Waals surface area (Å²) in [6.07, 6.45) is 10.5. The summed E-state index contributed by atoms with van der Waals surface area (Å²) < 4.78 is 6.29. The lowest BCUT2D eigenvalue weighted by Crippen LogP contribution is -2.70. The average molecular weight is 344 g/mol. The number of nitrogens with zero attached hydrogens (tertiary/aromatic N) is 1. The molecule has 25 heavy (non-hydrogen) atoms. The van der Waals surface area contributed by atoms with Crippen molar-refractivity contribution in [2.45, 2.75) is 70.6 Å². The van der Waals surface area contributed by atoms with Crippen molar-refractivity contribution in [1.82, 2.24) is 4.90 Å². The fourth-order valence-corrected chi connectivity index (χ4v) is 9.34. The molecule has 2 saturated heterocycles. The monoisotopic (exact) mass is 343 g/mol. The maximum Gasteiger partial charge on any atom is 0.116 e. The van der Waals surface area contributed by atoms with Gasteiger partial charge in [0.1, 0.15) is 6.23 Å². The normalized spacial score (nSPS) is 60.1. The summed E-state index contributed by atoms with van der Waals surface area (Å²) in [5, 5.41) is 11.3. The highest BCUT2D eigenvalue weighted by molar-refractivity contribution is 5.28. The smallest absolute Gasteiger partial charge is 0.116 e. The average Bonchev–Trinajstić information content (AvgIpc) is 3.13. The molecule has 4 aliphatic carbocycles. The minimum Gasteiger partial charge on any atom is -0.388 e. The van der Waals surface area contributed by atoms with E-state index in [0.717, 1.165) is 19.1 Å². The quantitative estimate of drug-likeness (QED) is 0.683. The zero-order chi connectivity index (χ0) is 17.0. The minimum absolute atomic E-state index is 0.155. The fourth-order valence-electron chi connectivity index (χ4n) is 9.34. The van der Waals surface area contributed by atoms with E-state index in [4.69, 9.17) is 4.74 Å². The van der Waals surface area contributed by atoms with Crippen LogP contribution in [0.5, 0.6) is 0 Å². The van der Waals surface area contributed by atoms with Gasteiger partial charge in [-0.1, -0.05) is 19.9 Å². The maximum atomic E-state index is 11.3. The van der Waals surface area contributed by atoms with Gasteiger partial charge in [-0.05, 0) is 73.7 Å². The second-order valence-corrected chi connectivity index (χ2v) is 10.6. The number of ether oxygens (including phenoxy) is 1. The van der Waals surface area contributed by atoms with Crippen molar-refractivity contribution in [3.8, 4) is 0 Å². The fraction of sp³-hybridized carbons (Fsp3) is 0.909. The highest BCUT2D eigenvalue weighted by atomic mass is 16.5. The first-order chi connectivity index (χ1) is 12.0. The first kappa shape index (κ1) is 15.7. The van der Waals surface area contributed by atoms with Gasteiger partial charge in [-0.3, -0.25) is 4.90 Å². The number of piperidine rings is 1. The Hall–Kier alpha value is -0.380. The lowest BCUT2D eigenvalue weighted by molar-refractivity contribution is -0.259. The van der Waals surface area contributed by atoms with Crippen LogP contribution in [0.1, 0.15) is 58.3 Å². The number of hydrogen-bond acceptors (Lipinski definition) is 3. The first-order valence-corrected chi connectivity index (χ1v) is 10.7.